The highest BCUT2D eigenvalue weighted by atomic mass is 32.2. The number of hydrogen-bond acceptors (Lipinski definition) is 4. The van der Waals surface area contributed by atoms with E-state index in [2.05, 4.69) is 4.98 Å². The first-order valence-corrected chi connectivity index (χ1v) is 9.70. The second-order valence-corrected chi connectivity index (χ2v) is 7.74. The van der Waals surface area contributed by atoms with Crippen LogP contribution in [0, 0.1) is 0 Å². The number of sulfonamides is 1. The lowest BCUT2D eigenvalue weighted by Gasteiger charge is -2.26. The van der Waals surface area contributed by atoms with Gasteiger partial charge in [0, 0.05) is 45.0 Å². The van der Waals surface area contributed by atoms with Gasteiger partial charge in [-0.15, -0.1) is 0 Å². The fourth-order valence-corrected chi connectivity index (χ4v) is 3.51. The zero-order valence-corrected chi connectivity index (χ0v) is 15.2. The highest BCUT2D eigenvalue weighted by molar-refractivity contribution is 7.88. The summed E-state index contributed by atoms with van der Waals surface area (Å²) in [4.78, 5) is 17.8. The Bertz CT molecular complexity index is 590. The number of carbonyl (C=O) groups is 1. The Morgan fingerprint density at radius 2 is 1.87 bits per heavy atom. The minimum absolute atomic E-state index is 0.0454. The summed E-state index contributed by atoms with van der Waals surface area (Å²) in [5.74, 6) is -0.0454. The Labute approximate surface area is 139 Å². The number of pyridine rings is 1. The third-order valence-corrected chi connectivity index (χ3v) is 5.36. The summed E-state index contributed by atoms with van der Waals surface area (Å²) in [5, 5.41) is 0. The first-order chi connectivity index (χ1) is 10.8. The van der Waals surface area contributed by atoms with Crippen LogP contribution in [0.2, 0.25) is 0 Å². The van der Waals surface area contributed by atoms with E-state index in [-0.39, 0.29) is 24.9 Å². The van der Waals surface area contributed by atoms with Gasteiger partial charge in [-0.2, -0.15) is 4.31 Å². The van der Waals surface area contributed by atoms with E-state index in [9.17, 15) is 13.2 Å². The van der Waals surface area contributed by atoms with E-state index in [1.165, 1.54) is 10.6 Å². The van der Waals surface area contributed by atoms with Gasteiger partial charge in [0.1, 0.15) is 0 Å². The monoisotopic (exact) mass is 341 g/mol. The lowest BCUT2D eigenvalue weighted by molar-refractivity contribution is -0.130. The van der Waals surface area contributed by atoms with Crippen LogP contribution in [0.1, 0.15) is 32.3 Å². The van der Waals surface area contributed by atoms with Crippen LogP contribution in [0.5, 0.6) is 0 Å². The minimum Gasteiger partial charge on any atom is -0.345 e. The molecular weight excluding hydrogens is 314 g/mol. The van der Waals surface area contributed by atoms with Crippen molar-refractivity contribution in [1.29, 1.82) is 0 Å². The van der Waals surface area contributed by atoms with Crippen LogP contribution in [0.4, 0.5) is 0 Å². The van der Waals surface area contributed by atoms with E-state index in [0.29, 0.717) is 6.54 Å². The number of nitrogens with zero attached hydrogens (tertiary/aromatic N) is 3. The number of carbonyl (C=O) groups excluding carboxylic acids is 1. The van der Waals surface area contributed by atoms with Gasteiger partial charge in [0.05, 0.1) is 6.26 Å². The van der Waals surface area contributed by atoms with Crippen molar-refractivity contribution >= 4 is 15.9 Å². The minimum atomic E-state index is -3.30. The summed E-state index contributed by atoms with van der Waals surface area (Å²) < 4.78 is 25.0. The lowest BCUT2D eigenvalue weighted by Crippen LogP contribution is -2.40. The fourth-order valence-electron chi connectivity index (χ4n) is 2.28. The molecule has 1 rings (SSSR count). The van der Waals surface area contributed by atoms with Crippen molar-refractivity contribution in [2.75, 3.05) is 26.4 Å². The maximum atomic E-state index is 12.2. The third kappa shape index (κ3) is 6.66. The van der Waals surface area contributed by atoms with Crippen LogP contribution in [-0.2, 0) is 21.2 Å². The van der Waals surface area contributed by atoms with Crippen molar-refractivity contribution in [2.24, 2.45) is 0 Å². The highest BCUT2D eigenvalue weighted by Crippen LogP contribution is 2.10. The standard InChI is InChI=1S/C16H27N3O3S/c1-5-14(2)19(23(4,21)22)13-9-16(20)18(3)12-8-15-6-10-17-11-7-15/h6-7,10-11,14H,5,8-9,12-13H2,1-4H3. The maximum Gasteiger partial charge on any atom is 0.223 e. The molecule has 0 radical (unpaired) electrons. The van der Waals surface area contributed by atoms with Crippen LogP contribution < -0.4 is 0 Å². The number of rotatable bonds is 9. The van der Waals surface area contributed by atoms with E-state index in [1.807, 2.05) is 26.0 Å². The molecule has 23 heavy (non-hydrogen) atoms. The summed E-state index contributed by atoms with van der Waals surface area (Å²) in [7, 11) is -1.55. The van der Waals surface area contributed by atoms with Gasteiger partial charge in [-0.1, -0.05) is 6.92 Å². The van der Waals surface area contributed by atoms with Gasteiger partial charge < -0.3 is 4.90 Å². The van der Waals surface area contributed by atoms with E-state index >= 15 is 0 Å². The summed E-state index contributed by atoms with van der Waals surface area (Å²) >= 11 is 0. The van der Waals surface area contributed by atoms with Gasteiger partial charge in [-0.25, -0.2) is 8.42 Å². The quantitative estimate of drug-likeness (QED) is 0.683. The Kier molecular flexibility index (Phi) is 7.64. The highest BCUT2D eigenvalue weighted by Gasteiger charge is 2.23. The van der Waals surface area contributed by atoms with Crippen molar-refractivity contribution in [2.45, 2.75) is 39.2 Å². The van der Waals surface area contributed by atoms with Gasteiger partial charge in [0.15, 0.2) is 0 Å². The molecule has 1 heterocycles. The Hall–Kier alpha value is -1.47. The van der Waals surface area contributed by atoms with E-state index in [0.717, 1.165) is 18.4 Å². The molecule has 6 nitrogen and oxygen atoms in total. The molecule has 0 spiro atoms. The molecule has 0 N–H and O–H groups in total. The number of hydrogen-bond donors (Lipinski definition) is 0. The average molecular weight is 341 g/mol. The zero-order chi connectivity index (χ0) is 17.5. The molecule has 0 saturated heterocycles. The van der Waals surface area contributed by atoms with Crippen LogP contribution in [0.3, 0.4) is 0 Å². The van der Waals surface area contributed by atoms with Crippen molar-refractivity contribution in [3.05, 3.63) is 30.1 Å². The van der Waals surface area contributed by atoms with E-state index in [4.69, 9.17) is 0 Å². The topological polar surface area (TPSA) is 70.6 Å². The molecule has 1 aromatic heterocycles. The van der Waals surface area contributed by atoms with Crippen molar-refractivity contribution in [3.8, 4) is 0 Å². The molecular formula is C16H27N3O3S. The lowest BCUT2D eigenvalue weighted by atomic mass is 10.2. The van der Waals surface area contributed by atoms with Crippen LogP contribution in [0.25, 0.3) is 0 Å². The van der Waals surface area contributed by atoms with Crippen LogP contribution >= 0.6 is 0 Å². The van der Waals surface area contributed by atoms with Crippen LogP contribution in [-0.4, -0.2) is 60.9 Å². The van der Waals surface area contributed by atoms with E-state index < -0.39 is 10.0 Å². The molecule has 1 amide bonds. The Balaban J connectivity index is 2.50. The molecule has 0 aliphatic rings. The van der Waals surface area contributed by atoms with Crippen LogP contribution in [0.15, 0.2) is 24.5 Å². The molecule has 1 unspecified atom stereocenters. The molecule has 130 valence electrons. The number of amides is 1. The molecule has 0 bridgehead atoms. The first kappa shape index (κ1) is 19.6. The summed E-state index contributed by atoms with van der Waals surface area (Å²) in [5.41, 5.74) is 1.12. The Morgan fingerprint density at radius 1 is 1.26 bits per heavy atom. The smallest absolute Gasteiger partial charge is 0.223 e. The predicted molar refractivity (Wildman–Crippen MR) is 91.5 cm³/mol. The molecule has 0 fully saturated rings. The van der Waals surface area contributed by atoms with Crippen molar-refractivity contribution in [1.82, 2.24) is 14.2 Å². The second-order valence-electron chi connectivity index (χ2n) is 5.80. The van der Waals surface area contributed by atoms with Gasteiger partial charge in [0.25, 0.3) is 0 Å². The van der Waals surface area contributed by atoms with Gasteiger partial charge in [-0.3, -0.25) is 9.78 Å². The first-order valence-electron chi connectivity index (χ1n) is 7.85. The van der Waals surface area contributed by atoms with Crippen molar-refractivity contribution < 1.29 is 13.2 Å². The molecule has 0 aliphatic heterocycles. The maximum absolute atomic E-state index is 12.2. The zero-order valence-electron chi connectivity index (χ0n) is 14.4. The fraction of sp³-hybridized carbons (Fsp3) is 0.625. The van der Waals surface area contributed by atoms with Gasteiger partial charge in [0.2, 0.25) is 15.9 Å². The largest absolute Gasteiger partial charge is 0.345 e. The SMILES string of the molecule is CCC(C)N(CCC(=O)N(C)CCc1ccncc1)S(C)(=O)=O. The second kappa shape index (κ2) is 8.98. The molecule has 0 aromatic carbocycles. The molecule has 1 aromatic rings. The normalized spacial score (nSPS) is 13.1. The Morgan fingerprint density at radius 3 is 2.39 bits per heavy atom. The molecule has 0 saturated carbocycles. The van der Waals surface area contributed by atoms with Gasteiger partial charge in [-0.05, 0) is 37.5 Å². The van der Waals surface area contributed by atoms with E-state index in [1.54, 1.807) is 24.3 Å². The summed E-state index contributed by atoms with van der Waals surface area (Å²) in [6.45, 7) is 4.63. The number of likely N-dealkylation sites (N-methyl/N-ethyl adjacent to an activating group) is 1. The molecule has 0 aliphatic carbocycles. The molecule has 7 heteroatoms. The predicted octanol–water partition coefficient (Wildman–Crippen LogP) is 1.53. The summed E-state index contributed by atoms with van der Waals surface area (Å²) in [6.07, 6.45) is 6.33. The average Bonchev–Trinajstić information content (AvgIpc) is 2.51. The van der Waals surface area contributed by atoms with Gasteiger partial charge >= 0.3 is 0 Å². The molecule has 1 atom stereocenters. The number of aromatic nitrogens is 1. The third-order valence-electron chi connectivity index (χ3n) is 3.97. The summed E-state index contributed by atoms with van der Waals surface area (Å²) in [6, 6.07) is 3.75. The van der Waals surface area contributed by atoms with Crippen molar-refractivity contribution in [3.63, 3.8) is 0 Å².